The average Bonchev–Trinajstić information content (AvgIpc) is 3.01. The molecule has 6 nitrogen and oxygen atoms in total. The lowest BCUT2D eigenvalue weighted by molar-refractivity contribution is -0.115. The Morgan fingerprint density at radius 2 is 1.70 bits per heavy atom. The minimum Gasteiger partial charge on any atom is -0.495 e. The number of sulfonamides is 1. The smallest absolute Gasteiger partial charge is 0.243 e. The van der Waals surface area contributed by atoms with Gasteiger partial charge in [0.05, 0.1) is 24.1 Å². The molecule has 0 radical (unpaired) electrons. The molecule has 3 rings (SSSR count). The van der Waals surface area contributed by atoms with E-state index in [1.165, 1.54) is 23.5 Å². The maximum atomic E-state index is 13.1. The van der Waals surface area contributed by atoms with Crippen LogP contribution >= 0.6 is 23.2 Å². The van der Waals surface area contributed by atoms with Crippen LogP contribution in [0.4, 0.5) is 5.69 Å². The molecule has 162 valence electrons. The molecule has 0 aliphatic carbocycles. The molecule has 1 aliphatic rings. The summed E-state index contributed by atoms with van der Waals surface area (Å²) < 4.78 is 33.0. The third-order valence-electron chi connectivity index (χ3n) is 5.05. The lowest BCUT2D eigenvalue weighted by atomic mass is 10.1. The van der Waals surface area contributed by atoms with Gasteiger partial charge in [0.15, 0.2) is 0 Å². The van der Waals surface area contributed by atoms with Crippen LogP contribution in [0.25, 0.3) is 0 Å². The molecular weight excluding hydrogens is 447 g/mol. The first-order chi connectivity index (χ1) is 14.3. The van der Waals surface area contributed by atoms with Gasteiger partial charge in [0.1, 0.15) is 5.75 Å². The SMILES string of the molecule is COc1ccc(S(=O)(=O)N2CCCCCC2)cc1NC(=O)Cc1c(Cl)cccc1Cl. The van der Waals surface area contributed by atoms with Gasteiger partial charge >= 0.3 is 0 Å². The van der Waals surface area contributed by atoms with Crippen molar-refractivity contribution in [2.75, 3.05) is 25.5 Å². The van der Waals surface area contributed by atoms with Crippen LogP contribution in [0.15, 0.2) is 41.3 Å². The number of methoxy groups -OCH3 is 1. The van der Waals surface area contributed by atoms with Gasteiger partial charge in [-0.25, -0.2) is 8.42 Å². The van der Waals surface area contributed by atoms with E-state index in [4.69, 9.17) is 27.9 Å². The summed E-state index contributed by atoms with van der Waals surface area (Å²) >= 11 is 12.3. The van der Waals surface area contributed by atoms with E-state index in [-0.39, 0.29) is 22.9 Å². The number of halogens is 2. The molecule has 0 atom stereocenters. The summed E-state index contributed by atoms with van der Waals surface area (Å²) in [5.41, 5.74) is 0.784. The number of carbonyl (C=O) groups excluding carboxylic acids is 1. The number of hydrogen-bond acceptors (Lipinski definition) is 4. The third-order valence-corrected chi connectivity index (χ3v) is 7.65. The molecular formula is C21H24Cl2N2O4S. The highest BCUT2D eigenvalue weighted by molar-refractivity contribution is 7.89. The molecule has 0 unspecified atom stereocenters. The van der Waals surface area contributed by atoms with Gasteiger partial charge < -0.3 is 10.1 Å². The topological polar surface area (TPSA) is 75.7 Å². The zero-order chi connectivity index (χ0) is 21.7. The first-order valence-corrected chi connectivity index (χ1v) is 11.9. The van der Waals surface area contributed by atoms with Gasteiger partial charge in [-0.2, -0.15) is 4.31 Å². The number of benzene rings is 2. The monoisotopic (exact) mass is 470 g/mol. The summed E-state index contributed by atoms with van der Waals surface area (Å²) in [6, 6.07) is 9.50. The Balaban J connectivity index is 1.85. The van der Waals surface area contributed by atoms with E-state index in [0.29, 0.717) is 34.4 Å². The van der Waals surface area contributed by atoms with E-state index < -0.39 is 10.0 Å². The summed E-state index contributed by atoms with van der Waals surface area (Å²) in [6.07, 6.45) is 3.70. The molecule has 0 aromatic heterocycles. The van der Waals surface area contributed by atoms with Gasteiger partial charge in [-0.3, -0.25) is 4.79 Å². The molecule has 2 aromatic carbocycles. The van der Waals surface area contributed by atoms with Crippen molar-refractivity contribution in [3.05, 3.63) is 52.0 Å². The van der Waals surface area contributed by atoms with E-state index in [2.05, 4.69) is 5.32 Å². The molecule has 0 saturated carbocycles. The number of ether oxygens (including phenoxy) is 1. The molecule has 0 spiro atoms. The van der Waals surface area contributed by atoms with Crippen molar-refractivity contribution < 1.29 is 17.9 Å². The Kier molecular flexibility index (Phi) is 7.63. The van der Waals surface area contributed by atoms with Gasteiger partial charge in [0.25, 0.3) is 0 Å². The first-order valence-electron chi connectivity index (χ1n) is 9.74. The van der Waals surface area contributed by atoms with Gasteiger partial charge in [-0.05, 0) is 48.7 Å². The summed E-state index contributed by atoms with van der Waals surface area (Å²) in [5.74, 6) is -0.0176. The standard InChI is InChI=1S/C21H24Cl2N2O4S/c1-29-20-10-9-15(30(27,28)25-11-4-2-3-5-12-25)13-19(20)24-21(26)14-16-17(22)7-6-8-18(16)23/h6-10,13H,2-5,11-12,14H2,1H3,(H,24,26). The molecule has 0 bridgehead atoms. The zero-order valence-electron chi connectivity index (χ0n) is 16.7. The molecule has 9 heteroatoms. The van der Waals surface area contributed by atoms with Crippen LogP contribution in [0.5, 0.6) is 5.75 Å². The fourth-order valence-electron chi connectivity index (χ4n) is 3.43. The van der Waals surface area contributed by atoms with E-state index in [0.717, 1.165) is 25.7 Å². The quantitative estimate of drug-likeness (QED) is 0.660. The van der Waals surface area contributed by atoms with E-state index in [1.807, 2.05) is 0 Å². The number of nitrogens with zero attached hydrogens (tertiary/aromatic N) is 1. The number of carbonyl (C=O) groups is 1. The molecule has 1 aliphatic heterocycles. The first kappa shape index (κ1) is 22.9. The second-order valence-corrected chi connectivity index (χ2v) is 9.86. The summed E-state index contributed by atoms with van der Waals surface area (Å²) in [7, 11) is -2.20. The number of rotatable bonds is 6. The van der Waals surface area contributed by atoms with Crippen molar-refractivity contribution in [2.45, 2.75) is 37.0 Å². The van der Waals surface area contributed by atoms with E-state index in [9.17, 15) is 13.2 Å². The maximum absolute atomic E-state index is 13.1. The second-order valence-electron chi connectivity index (χ2n) is 7.11. The van der Waals surface area contributed by atoms with Crippen LogP contribution in [0.2, 0.25) is 10.0 Å². The molecule has 1 fully saturated rings. The second kappa shape index (κ2) is 10.0. The van der Waals surface area contributed by atoms with Crippen LogP contribution in [0.3, 0.4) is 0 Å². The number of amides is 1. The van der Waals surface area contributed by atoms with Gasteiger partial charge in [-0.15, -0.1) is 0 Å². The Labute approximate surface area is 187 Å². The van der Waals surface area contributed by atoms with Crippen LogP contribution in [-0.2, 0) is 21.2 Å². The highest BCUT2D eigenvalue weighted by atomic mass is 35.5. The average molecular weight is 471 g/mol. The molecule has 1 heterocycles. The Morgan fingerprint density at radius 1 is 1.07 bits per heavy atom. The lowest BCUT2D eigenvalue weighted by Gasteiger charge is -2.21. The summed E-state index contributed by atoms with van der Waals surface area (Å²) in [6.45, 7) is 1.00. The van der Waals surface area contributed by atoms with Crippen molar-refractivity contribution in [1.82, 2.24) is 4.31 Å². The lowest BCUT2D eigenvalue weighted by Crippen LogP contribution is -2.32. The Morgan fingerprint density at radius 3 is 2.30 bits per heavy atom. The highest BCUT2D eigenvalue weighted by Gasteiger charge is 2.26. The van der Waals surface area contributed by atoms with Crippen molar-refractivity contribution in [2.24, 2.45) is 0 Å². The van der Waals surface area contributed by atoms with Crippen LogP contribution in [-0.4, -0.2) is 38.8 Å². The fraction of sp³-hybridized carbons (Fsp3) is 0.381. The third kappa shape index (κ3) is 5.27. The fourth-order valence-corrected chi connectivity index (χ4v) is 5.51. The number of anilines is 1. The molecule has 1 N–H and O–H groups in total. The number of nitrogens with one attached hydrogen (secondary N) is 1. The minimum atomic E-state index is -3.66. The predicted octanol–water partition coefficient (Wildman–Crippen LogP) is 4.75. The Hall–Kier alpha value is -1.80. The molecule has 2 aromatic rings. The van der Waals surface area contributed by atoms with Crippen LogP contribution < -0.4 is 10.1 Å². The predicted molar refractivity (Wildman–Crippen MR) is 119 cm³/mol. The largest absolute Gasteiger partial charge is 0.495 e. The van der Waals surface area contributed by atoms with Gasteiger partial charge in [0.2, 0.25) is 15.9 Å². The molecule has 30 heavy (non-hydrogen) atoms. The minimum absolute atomic E-state index is 0.0508. The maximum Gasteiger partial charge on any atom is 0.243 e. The van der Waals surface area contributed by atoms with Gasteiger partial charge in [-0.1, -0.05) is 42.1 Å². The van der Waals surface area contributed by atoms with Crippen molar-refractivity contribution in [3.8, 4) is 5.75 Å². The normalized spacial score (nSPS) is 15.4. The van der Waals surface area contributed by atoms with Crippen molar-refractivity contribution in [1.29, 1.82) is 0 Å². The van der Waals surface area contributed by atoms with Crippen molar-refractivity contribution >= 4 is 44.8 Å². The highest BCUT2D eigenvalue weighted by Crippen LogP contribution is 2.31. The zero-order valence-corrected chi connectivity index (χ0v) is 19.0. The molecule has 1 amide bonds. The van der Waals surface area contributed by atoms with Gasteiger partial charge in [0, 0.05) is 23.1 Å². The van der Waals surface area contributed by atoms with Crippen LogP contribution in [0.1, 0.15) is 31.2 Å². The van der Waals surface area contributed by atoms with E-state index in [1.54, 1.807) is 24.3 Å². The summed E-state index contributed by atoms with van der Waals surface area (Å²) in [5, 5.41) is 3.51. The van der Waals surface area contributed by atoms with E-state index >= 15 is 0 Å². The van der Waals surface area contributed by atoms with Crippen LogP contribution in [0, 0.1) is 0 Å². The van der Waals surface area contributed by atoms with Crippen molar-refractivity contribution in [3.63, 3.8) is 0 Å². The Bertz CT molecular complexity index is 999. The summed E-state index contributed by atoms with van der Waals surface area (Å²) in [4.78, 5) is 12.7. The molecule has 1 saturated heterocycles. The number of hydrogen-bond donors (Lipinski definition) is 1.